The minimum Gasteiger partial charge on any atom is -0.273 e. The smallest absolute Gasteiger partial charge is 0.273 e. The van der Waals surface area contributed by atoms with E-state index in [-0.39, 0.29) is 21.1 Å². The second-order valence-corrected chi connectivity index (χ2v) is 7.38. The molecule has 0 spiro atoms. The standard InChI is InChI=1S/C18H16O3P.C5H10.2CO.Mo/c1-4-10-16(11-5-1)19-22(20-17-12-6-2-7-13-17)21-18-14-8-3-9-15-18;1-2-4-5-3-1;2*1-2;/h1-15,22H;1-5H2;;;/q+1;;;;. The topological polar surface area (TPSA) is 67.5 Å². The van der Waals surface area contributed by atoms with E-state index in [2.05, 4.69) is 13.3 Å². The van der Waals surface area contributed by atoms with E-state index < -0.39 is 8.60 Å². The summed E-state index contributed by atoms with van der Waals surface area (Å²) in [6.45, 7) is 9.00. The Bertz CT molecular complexity index is 728. The predicted molar refractivity (Wildman–Crippen MR) is 120 cm³/mol. The van der Waals surface area contributed by atoms with Crippen LogP contribution in [0.5, 0.6) is 17.2 Å². The van der Waals surface area contributed by atoms with Gasteiger partial charge in [-0.1, -0.05) is 86.7 Å². The molecule has 0 heterocycles. The number of hydrogen-bond donors (Lipinski definition) is 0. The van der Waals surface area contributed by atoms with Gasteiger partial charge in [-0.2, -0.15) is 0 Å². The van der Waals surface area contributed by atoms with Crippen LogP contribution in [0.2, 0.25) is 0 Å². The Morgan fingerprint density at radius 3 is 0.906 bits per heavy atom. The van der Waals surface area contributed by atoms with Gasteiger partial charge in [0.25, 0.3) is 0 Å². The van der Waals surface area contributed by atoms with Crippen LogP contribution >= 0.6 is 8.60 Å². The minimum atomic E-state index is -2.00. The molecule has 0 atom stereocenters. The largest absolute Gasteiger partial charge is 0.528 e. The van der Waals surface area contributed by atoms with Crippen LogP contribution in [-0.4, -0.2) is 0 Å². The molecule has 4 rings (SSSR count). The van der Waals surface area contributed by atoms with Gasteiger partial charge in [0.15, 0.2) is 17.2 Å². The van der Waals surface area contributed by atoms with Crippen molar-refractivity contribution in [3.05, 3.63) is 104 Å². The molecule has 0 aliphatic heterocycles. The third kappa shape index (κ3) is 13.2. The average molecular weight is 533 g/mol. The van der Waals surface area contributed by atoms with Crippen molar-refractivity contribution in [3.8, 4) is 17.2 Å². The zero-order chi connectivity index (χ0) is 22.6. The Hall–Kier alpha value is -2.34. The molecule has 0 unspecified atom stereocenters. The van der Waals surface area contributed by atoms with E-state index in [9.17, 15) is 0 Å². The van der Waals surface area contributed by atoms with E-state index in [1.807, 2.05) is 91.0 Å². The van der Waals surface area contributed by atoms with Gasteiger partial charge >= 0.3 is 31.2 Å². The van der Waals surface area contributed by atoms with E-state index in [0.717, 1.165) is 17.2 Å². The predicted octanol–water partition coefficient (Wildman–Crippen LogP) is 7.06. The van der Waals surface area contributed by atoms with Crippen LogP contribution in [-0.2, 0) is 30.4 Å². The molecular weight excluding hydrogens is 507 g/mol. The maximum Gasteiger partial charge on any atom is 0.528 e. The summed E-state index contributed by atoms with van der Waals surface area (Å²) in [5.41, 5.74) is 0. The van der Waals surface area contributed by atoms with Gasteiger partial charge in [-0.05, 0) is 36.4 Å². The summed E-state index contributed by atoms with van der Waals surface area (Å²) < 4.78 is 32.6. The van der Waals surface area contributed by atoms with Gasteiger partial charge in [0.05, 0.1) is 0 Å². The first-order valence-corrected chi connectivity index (χ1v) is 11.1. The molecule has 0 amide bonds. The molecule has 1 aliphatic rings. The van der Waals surface area contributed by atoms with E-state index in [1.54, 1.807) is 0 Å². The van der Waals surface area contributed by atoms with Crippen LogP contribution < -0.4 is 13.6 Å². The van der Waals surface area contributed by atoms with Gasteiger partial charge in [0, 0.05) is 21.1 Å². The summed E-state index contributed by atoms with van der Waals surface area (Å²) in [5.74, 6) is 2.18. The van der Waals surface area contributed by atoms with Crippen LogP contribution in [0.15, 0.2) is 91.0 Å². The summed E-state index contributed by atoms with van der Waals surface area (Å²) >= 11 is 0. The Morgan fingerprint density at radius 2 is 0.688 bits per heavy atom. The van der Waals surface area contributed by atoms with Crippen molar-refractivity contribution in [2.75, 3.05) is 0 Å². The molecule has 0 saturated heterocycles. The van der Waals surface area contributed by atoms with Crippen molar-refractivity contribution in [2.24, 2.45) is 0 Å². The van der Waals surface area contributed by atoms with Crippen LogP contribution in [0.3, 0.4) is 0 Å². The fourth-order valence-electron chi connectivity index (χ4n) is 2.70. The Morgan fingerprint density at radius 1 is 0.469 bits per heavy atom. The minimum absolute atomic E-state index is 0. The summed E-state index contributed by atoms with van der Waals surface area (Å²) in [5, 5.41) is 0. The summed E-state index contributed by atoms with van der Waals surface area (Å²) in [7, 11) is -2.00. The molecule has 1 aliphatic carbocycles. The van der Waals surface area contributed by atoms with Crippen molar-refractivity contribution in [1.82, 2.24) is 0 Å². The molecule has 32 heavy (non-hydrogen) atoms. The zero-order valence-electron chi connectivity index (χ0n) is 17.6. The quantitative estimate of drug-likeness (QED) is 0.148. The number of benzene rings is 3. The van der Waals surface area contributed by atoms with Crippen LogP contribution in [0, 0.1) is 13.3 Å². The average Bonchev–Trinajstić information content (AvgIpc) is 3.44. The first-order valence-electron chi connectivity index (χ1n) is 9.87. The van der Waals surface area contributed by atoms with Gasteiger partial charge in [-0.25, -0.2) is 0 Å². The van der Waals surface area contributed by atoms with E-state index in [4.69, 9.17) is 22.9 Å². The van der Waals surface area contributed by atoms with E-state index >= 15 is 0 Å². The molecule has 0 radical (unpaired) electrons. The van der Waals surface area contributed by atoms with E-state index in [1.165, 1.54) is 32.1 Å². The molecule has 5 nitrogen and oxygen atoms in total. The first kappa shape index (κ1) is 29.7. The van der Waals surface area contributed by atoms with Crippen molar-refractivity contribution in [2.45, 2.75) is 32.1 Å². The number of hydrogen-bond acceptors (Lipinski definition) is 3. The van der Waals surface area contributed by atoms with Gasteiger partial charge in [-0.3, -0.25) is 13.6 Å². The fourth-order valence-corrected chi connectivity index (χ4v) is 3.81. The van der Waals surface area contributed by atoms with Crippen molar-refractivity contribution >= 4 is 8.60 Å². The molecule has 1 saturated carbocycles. The molecular formula is C25H26MoO5P+. The Labute approximate surface area is 205 Å². The SMILES string of the molecule is C1CCCC1.[C-]#[O+].[C-]#[O+].[Mo].c1ccc(O[PH+](Oc2ccccc2)Oc2ccccc2)cc1. The second kappa shape index (κ2) is 20.6. The van der Waals surface area contributed by atoms with Gasteiger partial charge in [0.1, 0.15) is 0 Å². The van der Waals surface area contributed by atoms with Crippen molar-refractivity contribution in [1.29, 1.82) is 0 Å². The summed E-state index contributed by atoms with van der Waals surface area (Å²) in [6, 6.07) is 28.6. The first-order chi connectivity index (χ1) is 15.4. The third-order valence-corrected chi connectivity index (χ3v) is 5.29. The molecule has 3 aromatic rings. The van der Waals surface area contributed by atoms with Gasteiger partial charge in [0.2, 0.25) is 0 Å². The zero-order valence-corrected chi connectivity index (χ0v) is 20.7. The molecule has 3 aromatic carbocycles. The summed E-state index contributed by atoms with van der Waals surface area (Å²) in [4.78, 5) is 0. The molecule has 166 valence electrons. The molecule has 7 heteroatoms. The maximum atomic E-state index is 7.50. The van der Waals surface area contributed by atoms with Gasteiger partial charge < -0.3 is 0 Å². The molecule has 0 N–H and O–H groups in total. The van der Waals surface area contributed by atoms with Crippen LogP contribution in [0.1, 0.15) is 32.1 Å². The molecule has 0 bridgehead atoms. The normalized spacial score (nSPS) is 10.9. The summed E-state index contributed by atoms with van der Waals surface area (Å²) in [6.07, 6.45) is 7.50. The molecule has 0 aromatic heterocycles. The fraction of sp³-hybridized carbons (Fsp3) is 0.200. The Kier molecular flexibility index (Phi) is 19.1. The third-order valence-electron chi connectivity index (χ3n) is 4.08. The number of para-hydroxylation sites is 3. The maximum absolute atomic E-state index is 7.50. The monoisotopic (exact) mass is 535 g/mol. The number of rotatable bonds is 6. The van der Waals surface area contributed by atoms with Crippen molar-refractivity contribution in [3.63, 3.8) is 0 Å². The van der Waals surface area contributed by atoms with Crippen LogP contribution in [0.25, 0.3) is 0 Å². The Balaban J connectivity index is 0.000000822. The van der Waals surface area contributed by atoms with Gasteiger partial charge in [-0.15, -0.1) is 0 Å². The van der Waals surface area contributed by atoms with E-state index in [0.29, 0.717) is 0 Å². The van der Waals surface area contributed by atoms with Crippen LogP contribution in [0.4, 0.5) is 0 Å². The molecule has 1 fully saturated rings. The second-order valence-electron chi connectivity index (χ2n) is 6.26. The van der Waals surface area contributed by atoms with Crippen molar-refractivity contribution < 1.29 is 43.9 Å².